The van der Waals surface area contributed by atoms with E-state index in [0.29, 0.717) is 19.1 Å². The Morgan fingerprint density at radius 2 is 2.33 bits per heavy atom. The summed E-state index contributed by atoms with van der Waals surface area (Å²) in [4.78, 5) is 13.4. The molecular weight excluding hydrogens is 216 g/mol. The summed E-state index contributed by atoms with van der Waals surface area (Å²) in [6.07, 6.45) is 1.99. The summed E-state index contributed by atoms with van der Waals surface area (Å²) in [7, 11) is 0. The van der Waals surface area contributed by atoms with Crippen LogP contribution >= 0.6 is 12.4 Å². The Hall–Kier alpha value is -0.320. The van der Waals surface area contributed by atoms with E-state index in [-0.39, 0.29) is 24.9 Å². The van der Waals surface area contributed by atoms with Crippen LogP contribution in [-0.4, -0.2) is 43.7 Å². The summed E-state index contributed by atoms with van der Waals surface area (Å²) < 4.78 is 5.20. The van der Waals surface area contributed by atoms with Crippen LogP contribution in [0, 0.1) is 5.92 Å². The van der Waals surface area contributed by atoms with E-state index in [9.17, 15) is 4.79 Å². The van der Waals surface area contributed by atoms with Gasteiger partial charge in [0.1, 0.15) is 6.61 Å². The van der Waals surface area contributed by atoms with Gasteiger partial charge in [-0.2, -0.15) is 0 Å². The van der Waals surface area contributed by atoms with Crippen molar-refractivity contribution in [2.75, 3.05) is 32.8 Å². The maximum atomic E-state index is 11.5. The van der Waals surface area contributed by atoms with Gasteiger partial charge in [0.15, 0.2) is 0 Å². The Labute approximate surface area is 97.5 Å². The van der Waals surface area contributed by atoms with Crippen LogP contribution < -0.4 is 5.73 Å². The highest BCUT2D eigenvalue weighted by Gasteiger charge is 2.24. The van der Waals surface area contributed by atoms with Crippen LogP contribution in [0.3, 0.4) is 0 Å². The molecule has 1 amide bonds. The van der Waals surface area contributed by atoms with Crippen LogP contribution in [0.4, 0.5) is 0 Å². The van der Waals surface area contributed by atoms with E-state index >= 15 is 0 Å². The normalized spacial score (nSPS) is 20.1. The average Bonchev–Trinajstić information content (AvgIpc) is 2.66. The zero-order chi connectivity index (χ0) is 10.4. The van der Waals surface area contributed by atoms with Gasteiger partial charge in [0.05, 0.1) is 0 Å². The highest BCUT2D eigenvalue weighted by molar-refractivity contribution is 5.85. The van der Waals surface area contributed by atoms with Crippen molar-refractivity contribution in [1.82, 2.24) is 4.90 Å². The number of hydrogen-bond donors (Lipinski definition) is 1. The fraction of sp³-hybridized carbons (Fsp3) is 0.900. The van der Waals surface area contributed by atoms with Crippen LogP contribution in [0.5, 0.6) is 0 Å². The molecule has 0 aromatic heterocycles. The van der Waals surface area contributed by atoms with Gasteiger partial charge < -0.3 is 15.4 Å². The Morgan fingerprint density at radius 3 is 2.87 bits per heavy atom. The van der Waals surface area contributed by atoms with Crippen LogP contribution in [0.2, 0.25) is 0 Å². The van der Waals surface area contributed by atoms with Gasteiger partial charge in [0, 0.05) is 19.7 Å². The largest absolute Gasteiger partial charge is 0.372 e. The maximum Gasteiger partial charge on any atom is 0.248 e. The van der Waals surface area contributed by atoms with Crippen molar-refractivity contribution in [2.45, 2.75) is 19.8 Å². The minimum Gasteiger partial charge on any atom is -0.372 e. The summed E-state index contributed by atoms with van der Waals surface area (Å²) in [6, 6.07) is 0. The van der Waals surface area contributed by atoms with E-state index in [1.807, 2.05) is 11.8 Å². The van der Waals surface area contributed by atoms with Crippen LogP contribution in [-0.2, 0) is 9.53 Å². The lowest BCUT2D eigenvalue weighted by molar-refractivity contribution is -0.135. The molecule has 4 nitrogen and oxygen atoms in total. The van der Waals surface area contributed by atoms with E-state index < -0.39 is 0 Å². The van der Waals surface area contributed by atoms with Crippen molar-refractivity contribution in [3.8, 4) is 0 Å². The van der Waals surface area contributed by atoms with Crippen LogP contribution in [0.25, 0.3) is 0 Å². The summed E-state index contributed by atoms with van der Waals surface area (Å²) in [6.45, 7) is 5.26. The Morgan fingerprint density at radius 1 is 1.60 bits per heavy atom. The van der Waals surface area contributed by atoms with Crippen LogP contribution in [0.1, 0.15) is 19.8 Å². The summed E-state index contributed by atoms with van der Waals surface area (Å²) in [5, 5.41) is 0. The molecule has 2 N–H and O–H groups in total. The molecule has 1 unspecified atom stereocenters. The number of hydrogen-bond acceptors (Lipinski definition) is 3. The fourth-order valence-electron chi connectivity index (χ4n) is 1.65. The van der Waals surface area contributed by atoms with Gasteiger partial charge in [-0.1, -0.05) is 6.92 Å². The van der Waals surface area contributed by atoms with E-state index in [1.54, 1.807) is 0 Å². The first kappa shape index (κ1) is 14.7. The molecular formula is C10H21ClN2O2. The highest BCUT2D eigenvalue weighted by Crippen LogP contribution is 2.14. The number of rotatable bonds is 5. The van der Waals surface area contributed by atoms with E-state index in [1.165, 1.54) is 0 Å². The molecule has 1 aliphatic rings. The predicted molar refractivity (Wildman–Crippen MR) is 62.1 cm³/mol. The number of halogens is 1. The number of likely N-dealkylation sites (tertiary alicyclic amines) is 1. The minimum absolute atomic E-state index is 0. The molecule has 1 rings (SSSR count). The second-order valence-electron chi connectivity index (χ2n) is 3.78. The lowest BCUT2D eigenvalue weighted by atomic mass is 10.1. The van der Waals surface area contributed by atoms with Gasteiger partial charge in [-0.25, -0.2) is 0 Å². The first-order chi connectivity index (χ1) is 6.77. The first-order valence-electron chi connectivity index (χ1n) is 5.33. The molecule has 1 heterocycles. The van der Waals surface area contributed by atoms with Gasteiger partial charge in [-0.15, -0.1) is 12.4 Å². The lowest BCUT2D eigenvalue weighted by Gasteiger charge is -2.15. The van der Waals surface area contributed by atoms with Crippen LogP contribution in [0.15, 0.2) is 0 Å². The van der Waals surface area contributed by atoms with Crippen molar-refractivity contribution in [2.24, 2.45) is 11.7 Å². The van der Waals surface area contributed by atoms with Crippen molar-refractivity contribution in [3.63, 3.8) is 0 Å². The Bertz CT molecular complexity index is 190. The third kappa shape index (κ3) is 4.82. The topological polar surface area (TPSA) is 55.6 Å². The molecule has 5 heteroatoms. The number of carbonyl (C=O) groups is 1. The Balaban J connectivity index is 0.00000196. The molecule has 1 aliphatic heterocycles. The van der Waals surface area contributed by atoms with Gasteiger partial charge in [0.25, 0.3) is 0 Å². The molecule has 0 radical (unpaired) electrons. The monoisotopic (exact) mass is 236 g/mol. The van der Waals surface area contributed by atoms with Gasteiger partial charge >= 0.3 is 0 Å². The van der Waals surface area contributed by atoms with Gasteiger partial charge in [-0.05, 0) is 25.3 Å². The second kappa shape index (κ2) is 7.91. The Kier molecular flexibility index (Phi) is 7.74. The smallest absolute Gasteiger partial charge is 0.248 e. The van der Waals surface area contributed by atoms with Crippen molar-refractivity contribution in [3.05, 3.63) is 0 Å². The molecule has 1 saturated heterocycles. The molecule has 0 aromatic rings. The molecule has 1 fully saturated rings. The van der Waals surface area contributed by atoms with Gasteiger partial charge in [0.2, 0.25) is 5.91 Å². The number of amides is 1. The highest BCUT2D eigenvalue weighted by atomic mass is 35.5. The molecule has 0 bridgehead atoms. The van der Waals surface area contributed by atoms with E-state index in [4.69, 9.17) is 10.5 Å². The summed E-state index contributed by atoms with van der Waals surface area (Å²) in [5.41, 5.74) is 5.55. The van der Waals surface area contributed by atoms with Crippen molar-refractivity contribution < 1.29 is 9.53 Å². The number of nitrogens with zero attached hydrogens (tertiary/aromatic N) is 1. The molecule has 15 heavy (non-hydrogen) atoms. The van der Waals surface area contributed by atoms with E-state index in [0.717, 1.165) is 25.9 Å². The molecule has 0 saturated carbocycles. The first-order valence-corrected chi connectivity index (χ1v) is 5.33. The molecule has 1 atom stereocenters. The zero-order valence-corrected chi connectivity index (χ0v) is 10.1. The quantitative estimate of drug-likeness (QED) is 0.713. The minimum atomic E-state index is 0. The molecule has 0 aromatic carbocycles. The maximum absolute atomic E-state index is 11.5. The number of carbonyl (C=O) groups excluding carboxylic acids is 1. The van der Waals surface area contributed by atoms with Gasteiger partial charge in [-0.3, -0.25) is 4.79 Å². The lowest BCUT2D eigenvalue weighted by Crippen LogP contribution is -2.32. The summed E-state index contributed by atoms with van der Waals surface area (Å²) in [5.74, 6) is 0.597. The van der Waals surface area contributed by atoms with E-state index in [2.05, 4.69) is 0 Å². The average molecular weight is 237 g/mol. The standard InChI is InChI=1S/C10H20N2O2.ClH/c1-2-5-14-8-10(13)12-4-3-9(6-11)7-12;/h9H,2-8,11H2,1H3;1H. The predicted octanol–water partition coefficient (Wildman–Crippen LogP) is 0.642. The van der Waals surface area contributed by atoms with Crippen molar-refractivity contribution >= 4 is 18.3 Å². The second-order valence-corrected chi connectivity index (χ2v) is 3.78. The third-order valence-corrected chi connectivity index (χ3v) is 2.55. The third-order valence-electron chi connectivity index (χ3n) is 2.55. The van der Waals surface area contributed by atoms with Crippen molar-refractivity contribution in [1.29, 1.82) is 0 Å². The molecule has 0 aliphatic carbocycles. The molecule has 90 valence electrons. The molecule has 0 spiro atoms. The fourth-order valence-corrected chi connectivity index (χ4v) is 1.65. The SMILES string of the molecule is CCCOCC(=O)N1CCC(CN)C1.Cl. The zero-order valence-electron chi connectivity index (χ0n) is 9.28. The summed E-state index contributed by atoms with van der Waals surface area (Å²) >= 11 is 0. The number of ether oxygens (including phenoxy) is 1. The number of nitrogens with two attached hydrogens (primary N) is 1.